The van der Waals surface area contributed by atoms with Crippen LogP contribution >= 0.6 is 0 Å². The van der Waals surface area contributed by atoms with Gasteiger partial charge in [0.1, 0.15) is 6.10 Å². The van der Waals surface area contributed by atoms with Crippen LogP contribution in [-0.2, 0) is 33.2 Å². The Morgan fingerprint density at radius 3 is 1.82 bits per heavy atom. The highest BCUT2D eigenvalue weighted by Crippen LogP contribution is 2.37. The van der Waals surface area contributed by atoms with Crippen LogP contribution in [-0.4, -0.2) is 63.2 Å². The van der Waals surface area contributed by atoms with Crippen molar-refractivity contribution in [3.8, 4) is 0 Å². The SMILES string of the molecule is O=C(O[C@@H]1[C@@H](OS(=O)(=O)C(F)(F)F)[C@@H]2OC[C@@H](O2)[C@H]1OC(=O)c1ccccc1)c1ccccc1. The molecule has 2 aromatic rings. The van der Waals surface area contributed by atoms with Gasteiger partial charge in [-0.05, 0) is 24.3 Å². The number of alkyl halides is 3. The summed E-state index contributed by atoms with van der Waals surface area (Å²) in [4.78, 5) is 25.3. The molecule has 0 amide bonds. The van der Waals surface area contributed by atoms with Crippen LogP contribution in [0.3, 0.4) is 0 Å². The Morgan fingerprint density at radius 2 is 1.32 bits per heavy atom. The molecule has 0 saturated carbocycles. The molecule has 34 heavy (non-hydrogen) atoms. The molecule has 9 nitrogen and oxygen atoms in total. The lowest BCUT2D eigenvalue weighted by atomic mass is 10.00. The number of carbonyl (C=O) groups is 2. The minimum atomic E-state index is -6.15. The van der Waals surface area contributed by atoms with Gasteiger partial charge in [-0.25, -0.2) is 9.59 Å². The standard InChI is InChI=1S/C21H17F3O9S/c22-21(23,24)34(27,28)33-17-16(32-19(26)13-9-5-2-6-10-13)15(14-11-29-20(17)30-14)31-18(25)12-7-3-1-4-8-12/h1-10,14-17,20H,11H2/t14-,15-,16+,17-,20-/m1/s1. The Labute approximate surface area is 191 Å². The molecule has 2 fully saturated rings. The van der Waals surface area contributed by atoms with Gasteiger partial charge in [-0.3, -0.25) is 4.18 Å². The Balaban J connectivity index is 1.67. The summed E-state index contributed by atoms with van der Waals surface area (Å²) in [5.74, 6) is -1.91. The molecule has 0 spiro atoms. The molecule has 182 valence electrons. The number of halogens is 3. The Morgan fingerprint density at radius 1 is 0.824 bits per heavy atom. The van der Waals surface area contributed by atoms with Gasteiger partial charge in [-0.15, -0.1) is 0 Å². The van der Waals surface area contributed by atoms with E-state index in [1.807, 2.05) is 0 Å². The predicted molar refractivity (Wildman–Crippen MR) is 106 cm³/mol. The number of fused-ring (bicyclic) bond motifs is 2. The summed E-state index contributed by atoms with van der Waals surface area (Å²) in [6.45, 7) is -0.275. The van der Waals surface area contributed by atoms with E-state index in [0.29, 0.717) is 0 Å². The van der Waals surface area contributed by atoms with Gasteiger partial charge in [0.2, 0.25) is 0 Å². The fraction of sp³-hybridized carbons (Fsp3) is 0.333. The molecule has 13 heteroatoms. The number of carbonyl (C=O) groups excluding carboxylic acids is 2. The first-order chi connectivity index (χ1) is 16.1. The second kappa shape index (κ2) is 9.33. The van der Waals surface area contributed by atoms with Crippen LogP contribution < -0.4 is 0 Å². The van der Waals surface area contributed by atoms with Crippen LogP contribution in [0.1, 0.15) is 20.7 Å². The molecule has 2 bridgehead atoms. The summed E-state index contributed by atoms with van der Waals surface area (Å²) in [5, 5.41) is 0. The van der Waals surface area contributed by atoms with Crippen LogP contribution in [0, 0.1) is 0 Å². The number of ether oxygens (including phenoxy) is 4. The minimum absolute atomic E-state index is 0.0211. The highest BCUT2D eigenvalue weighted by atomic mass is 32.2. The van der Waals surface area contributed by atoms with Crippen LogP contribution in [0.4, 0.5) is 13.2 Å². The normalized spacial score (nSPS) is 26.6. The maximum absolute atomic E-state index is 13.0. The first-order valence-corrected chi connectivity index (χ1v) is 11.3. The number of rotatable bonds is 6. The lowest BCUT2D eigenvalue weighted by molar-refractivity contribution is -0.222. The molecule has 2 heterocycles. The fourth-order valence-electron chi connectivity index (χ4n) is 3.45. The summed E-state index contributed by atoms with van der Waals surface area (Å²) in [7, 11) is -6.15. The number of esters is 2. The van der Waals surface area contributed by atoms with E-state index in [1.54, 1.807) is 24.3 Å². The maximum atomic E-state index is 13.0. The number of hydrogen-bond acceptors (Lipinski definition) is 9. The van der Waals surface area contributed by atoms with Gasteiger partial charge in [-0.1, -0.05) is 36.4 Å². The second-order valence-electron chi connectivity index (χ2n) is 7.31. The first kappa shape index (κ1) is 24.1. The Kier molecular flexibility index (Phi) is 6.62. The van der Waals surface area contributed by atoms with E-state index in [4.69, 9.17) is 18.9 Å². The van der Waals surface area contributed by atoms with Crippen molar-refractivity contribution in [2.75, 3.05) is 6.61 Å². The highest BCUT2D eigenvalue weighted by molar-refractivity contribution is 7.87. The van der Waals surface area contributed by atoms with E-state index in [1.165, 1.54) is 36.4 Å². The van der Waals surface area contributed by atoms with Gasteiger partial charge in [0.15, 0.2) is 24.6 Å². The molecule has 2 aliphatic heterocycles. The monoisotopic (exact) mass is 502 g/mol. The van der Waals surface area contributed by atoms with E-state index in [9.17, 15) is 31.2 Å². The molecule has 2 aliphatic rings. The predicted octanol–water partition coefficient (Wildman–Crippen LogP) is 2.43. The molecule has 0 aliphatic carbocycles. The lowest BCUT2D eigenvalue weighted by Crippen LogP contribution is -2.59. The van der Waals surface area contributed by atoms with E-state index in [-0.39, 0.29) is 17.7 Å². The van der Waals surface area contributed by atoms with Crippen molar-refractivity contribution in [1.82, 2.24) is 0 Å². The third-order valence-corrected chi connectivity index (χ3v) is 6.08. The molecule has 0 N–H and O–H groups in total. The fourth-order valence-corrected chi connectivity index (χ4v) is 4.05. The van der Waals surface area contributed by atoms with Crippen molar-refractivity contribution >= 4 is 22.1 Å². The third-order valence-electron chi connectivity index (χ3n) is 5.04. The molecule has 4 rings (SSSR count). The topological polar surface area (TPSA) is 114 Å². The van der Waals surface area contributed by atoms with Gasteiger partial charge in [0, 0.05) is 0 Å². The molecule has 0 unspecified atom stereocenters. The quantitative estimate of drug-likeness (QED) is 0.334. The maximum Gasteiger partial charge on any atom is 0.523 e. The van der Waals surface area contributed by atoms with Gasteiger partial charge in [-0.2, -0.15) is 21.6 Å². The largest absolute Gasteiger partial charge is 0.523 e. The number of hydrogen-bond donors (Lipinski definition) is 0. The molecular weight excluding hydrogens is 485 g/mol. The second-order valence-corrected chi connectivity index (χ2v) is 8.87. The van der Waals surface area contributed by atoms with Crippen LogP contribution in [0.2, 0.25) is 0 Å². The van der Waals surface area contributed by atoms with Crippen LogP contribution in [0.5, 0.6) is 0 Å². The van der Waals surface area contributed by atoms with E-state index < -0.39 is 58.3 Å². The zero-order chi connectivity index (χ0) is 24.5. The minimum Gasteiger partial charge on any atom is -0.452 e. The summed E-state index contributed by atoms with van der Waals surface area (Å²) < 4.78 is 88.3. The molecule has 0 aromatic heterocycles. The molecule has 2 saturated heterocycles. The van der Waals surface area contributed by atoms with Crippen LogP contribution in [0.25, 0.3) is 0 Å². The smallest absolute Gasteiger partial charge is 0.452 e. The summed E-state index contributed by atoms with van der Waals surface area (Å²) >= 11 is 0. The number of benzene rings is 2. The Bertz CT molecular complexity index is 1140. The van der Waals surface area contributed by atoms with E-state index in [2.05, 4.69) is 4.18 Å². The zero-order valence-electron chi connectivity index (χ0n) is 17.1. The summed E-state index contributed by atoms with van der Waals surface area (Å²) in [6, 6.07) is 15.0. The summed E-state index contributed by atoms with van der Waals surface area (Å²) in [5.41, 5.74) is -5.66. The highest BCUT2D eigenvalue weighted by Gasteiger charge is 2.59. The van der Waals surface area contributed by atoms with Crippen molar-refractivity contribution in [3.05, 3.63) is 71.8 Å². The average Bonchev–Trinajstić information content (AvgIpc) is 3.25. The Hall–Kier alpha value is -3.00. The van der Waals surface area contributed by atoms with E-state index >= 15 is 0 Å². The van der Waals surface area contributed by atoms with Gasteiger partial charge < -0.3 is 18.9 Å². The molecule has 0 radical (unpaired) electrons. The van der Waals surface area contributed by atoms with Crippen molar-refractivity contribution in [2.24, 2.45) is 0 Å². The lowest BCUT2D eigenvalue weighted by Gasteiger charge is -2.38. The molecule has 5 atom stereocenters. The van der Waals surface area contributed by atoms with Crippen molar-refractivity contribution in [2.45, 2.75) is 36.2 Å². The first-order valence-electron chi connectivity index (χ1n) is 9.85. The van der Waals surface area contributed by atoms with E-state index in [0.717, 1.165) is 0 Å². The summed E-state index contributed by atoms with van der Waals surface area (Å²) in [6.07, 6.45) is -8.12. The van der Waals surface area contributed by atoms with Crippen molar-refractivity contribution in [1.29, 1.82) is 0 Å². The van der Waals surface area contributed by atoms with Gasteiger partial charge in [0.25, 0.3) is 0 Å². The van der Waals surface area contributed by atoms with Crippen LogP contribution in [0.15, 0.2) is 60.7 Å². The zero-order valence-corrected chi connectivity index (χ0v) is 17.9. The molecule has 2 aromatic carbocycles. The van der Waals surface area contributed by atoms with Crippen molar-refractivity contribution < 1.29 is 54.3 Å². The average molecular weight is 502 g/mol. The molecular formula is C21H17F3O9S. The van der Waals surface area contributed by atoms with Gasteiger partial charge in [0.05, 0.1) is 17.7 Å². The third kappa shape index (κ3) is 4.92. The van der Waals surface area contributed by atoms with Crippen molar-refractivity contribution in [3.63, 3.8) is 0 Å². The van der Waals surface area contributed by atoms with Gasteiger partial charge >= 0.3 is 27.6 Å².